The molecule has 90 valence electrons. The molecule has 0 bridgehead atoms. The van der Waals surface area contributed by atoms with Crippen LogP contribution >= 0.6 is 11.6 Å². The van der Waals surface area contributed by atoms with Gasteiger partial charge in [-0.05, 0) is 13.0 Å². The second-order valence-corrected chi connectivity index (χ2v) is 4.83. The molecule has 4 N–H and O–H groups in total. The van der Waals surface area contributed by atoms with Crippen molar-refractivity contribution >= 4 is 17.4 Å². The van der Waals surface area contributed by atoms with Crippen LogP contribution in [0.1, 0.15) is 26.3 Å². The highest BCUT2D eigenvalue weighted by molar-refractivity contribution is 6.30. The molecule has 1 aromatic heterocycles. The Hall–Kier alpha value is -0.840. The van der Waals surface area contributed by atoms with E-state index < -0.39 is 5.60 Å². The van der Waals surface area contributed by atoms with E-state index in [0.717, 1.165) is 0 Å². The molecule has 0 radical (unpaired) electrons. The van der Waals surface area contributed by atoms with Crippen molar-refractivity contribution in [2.24, 2.45) is 0 Å². The number of hydrogen-bond acceptors (Lipinski definition) is 4. The van der Waals surface area contributed by atoms with E-state index in [-0.39, 0.29) is 0 Å². The second-order valence-electron chi connectivity index (χ2n) is 4.40. The summed E-state index contributed by atoms with van der Waals surface area (Å²) < 4.78 is 0. The Kier molecular flexibility index (Phi) is 4.13. The van der Waals surface area contributed by atoms with Crippen molar-refractivity contribution < 1.29 is 5.11 Å². The first kappa shape index (κ1) is 13.2. The van der Waals surface area contributed by atoms with Crippen LogP contribution in [0.2, 0.25) is 5.02 Å². The Balaban J connectivity index is 2.92. The van der Waals surface area contributed by atoms with Crippen molar-refractivity contribution in [1.29, 1.82) is 0 Å². The molecule has 1 atom stereocenters. The number of nitrogens with two attached hydrogens (primary N) is 1. The summed E-state index contributed by atoms with van der Waals surface area (Å²) in [4.78, 5) is 3.93. The molecule has 0 aliphatic carbocycles. The minimum absolute atomic E-state index is 0.292. The largest absolute Gasteiger partial charge is 0.384 e. The van der Waals surface area contributed by atoms with Gasteiger partial charge in [-0.15, -0.1) is 0 Å². The fraction of sp³-hybridized carbons (Fsp3) is 0.545. The first-order chi connectivity index (χ1) is 7.33. The topological polar surface area (TPSA) is 71.2 Å². The average molecular weight is 244 g/mol. The number of nitrogen functional groups attached to an aromatic ring is 1. The van der Waals surface area contributed by atoms with E-state index in [9.17, 15) is 5.11 Å². The van der Waals surface area contributed by atoms with E-state index in [1.807, 2.05) is 13.8 Å². The standard InChI is InChI=1S/C11H18ClN3O/c1-7(2)15-6-11(3,16)9-4-8(12)5-14-10(9)13/h4-5,7,15-16H,6H2,1-3H3,(H2,13,14). The van der Waals surface area contributed by atoms with Gasteiger partial charge in [0.2, 0.25) is 0 Å². The van der Waals surface area contributed by atoms with Crippen molar-refractivity contribution in [3.63, 3.8) is 0 Å². The van der Waals surface area contributed by atoms with Crippen LogP contribution < -0.4 is 11.1 Å². The van der Waals surface area contributed by atoms with Crippen molar-refractivity contribution in [3.05, 3.63) is 22.8 Å². The number of nitrogens with zero attached hydrogens (tertiary/aromatic N) is 1. The molecule has 0 amide bonds. The van der Waals surface area contributed by atoms with E-state index >= 15 is 0 Å². The summed E-state index contributed by atoms with van der Waals surface area (Å²) in [7, 11) is 0. The fourth-order valence-electron chi connectivity index (χ4n) is 1.38. The molecule has 0 saturated carbocycles. The number of aliphatic hydroxyl groups is 1. The number of anilines is 1. The zero-order valence-corrected chi connectivity index (χ0v) is 10.5. The number of halogens is 1. The van der Waals surface area contributed by atoms with E-state index in [1.54, 1.807) is 13.0 Å². The molecule has 5 heteroatoms. The molecular formula is C11H18ClN3O. The van der Waals surface area contributed by atoms with Crippen LogP contribution in [0.25, 0.3) is 0 Å². The van der Waals surface area contributed by atoms with Gasteiger partial charge in [0.15, 0.2) is 0 Å². The van der Waals surface area contributed by atoms with Gasteiger partial charge in [-0.3, -0.25) is 0 Å². The number of rotatable bonds is 4. The maximum atomic E-state index is 10.3. The maximum absolute atomic E-state index is 10.3. The van der Waals surface area contributed by atoms with E-state index in [2.05, 4.69) is 10.3 Å². The lowest BCUT2D eigenvalue weighted by Crippen LogP contribution is -2.39. The van der Waals surface area contributed by atoms with Gasteiger partial charge in [0.1, 0.15) is 11.4 Å². The van der Waals surface area contributed by atoms with Crippen molar-refractivity contribution in [2.45, 2.75) is 32.4 Å². The van der Waals surface area contributed by atoms with Crippen LogP contribution in [0.5, 0.6) is 0 Å². The Morgan fingerprint density at radius 3 is 2.81 bits per heavy atom. The molecule has 0 aliphatic rings. The summed E-state index contributed by atoms with van der Waals surface area (Å²) >= 11 is 5.84. The highest BCUT2D eigenvalue weighted by atomic mass is 35.5. The number of nitrogens with one attached hydrogen (secondary N) is 1. The first-order valence-corrected chi connectivity index (χ1v) is 5.58. The average Bonchev–Trinajstić information content (AvgIpc) is 2.19. The van der Waals surface area contributed by atoms with Gasteiger partial charge in [-0.2, -0.15) is 0 Å². The Bertz CT molecular complexity index is 366. The second kappa shape index (κ2) is 4.99. The molecule has 0 fully saturated rings. The van der Waals surface area contributed by atoms with Crippen LogP contribution in [0, 0.1) is 0 Å². The zero-order chi connectivity index (χ0) is 12.3. The minimum Gasteiger partial charge on any atom is -0.384 e. The third kappa shape index (κ3) is 3.33. The number of aromatic nitrogens is 1. The predicted octanol–water partition coefficient (Wildman–Crippen LogP) is 1.52. The molecule has 1 aromatic rings. The smallest absolute Gasteiger partial charge is 0.129 e. The molecule has 0 saturated heterocycles. The van der Waals surface area contributed by atoms with Crippen molar-refractivity contribution in [2.75, 3.05) is 12.3 Å². The summed E-state index contributed by atoms with van der Waals surface area (Å²) in [6.07, 6.45) is 1.46. The third-order valence-electron chi connectivity index (χ3n) is 2.32. The van der Waals surface area contributed by atoms with E-state index in [4.69, 9.17) is 17.3 Å². The van der Waals surface area contributed by atoms with Crippen LogP contribution in [0.15, 0.2) is 12.3 Å². The lowest BCUT2D eigenvalue weighted by Gasteiger charge is -2.26. The summed E-state index contributed by atoms with van der Waals surface area (Å²) in [6, 6.07) is 1.94. The Morgan fingerprint density at radius 2 is 2.25 bits per heavy atom. The maximum Gasteiger partial charge on any atom is 0.129 e. The summed E-state index contributed by atoms with van der Waals surface area (Å²) in [5.41, 5.74) is 5.20. The SMILES string of the molecule is CC(C)NCC(C)(O)c1cc(Cl)cnc1N. The van der Waals surface area contributed by atoms with Gasteiger partial charge in [-0.1, -0.05) is 25.4 Å². The normalized spacial score (nSPS) is 15.1. The summed E-state index contributed by atoms with van der Waals surface area (Å²) in [6.45, 7) is 6.11. The van der Waals surface area contributed by atoms with Gasteiger partial charge in [0.05, 0.1) is 5.02 Å². The van der Waals surface area contributed by atoms with Gasteiger partial charge in [-0.25, -0.2) is 4.98 Å². The zero-order valence-electron chi connectivity index (χ0n) is 9.79. The van der Waals surface area contributed by atoms with Crippen LogP contribution in [-0.4, -0.2) is 22.7 Å². The van der Waals surface area contributed by atoms with Crippen LogP contribution in [0.3, 0.4) is 0 Å². The fourth-order valence-corrected chi connectivity index (χ4v) is 1.54. The molecule has 16 heavy (non-hydrogen) atoms. The molecule has 1 heterocycles. The van der Waals surface area contributed by atoms with Crippen molar-refractivity contribution in [3.8, 4) is 0 Å². The van der Waals surface area contributed by atoms with Gasteiger partial charge in [0.25, 0.3) is 0 Å². The first-order valence-electron chi connectivity index (χ1n) is 5.20. The van der Waals surface area contributed by atoms with Gasteiger partial charge >= 0.3 is 0 Å². The number of pyridine rings is 1. The lowest BCUT2D eigenvalue weighted by atomic mass is 9.96. The molecular weight excluding hydrogens is 226 g/mol. The number of hydrogen-bond donors (Lipinski definition) is 3. The van der Waals surface area contributed by atoms with Crippen LogP contribution in [-0.2, 0) is 5.60 Å². The summed E-state index contributed by atoms with van der Waals surface area (Å²) in [5.74, 6) is 0.306. The van der Waals surface area contributed by atoms with Gasteiger partial charge < -0.3 is 16.2 Å². The van der Waals surface area contributed by atoms with E-state index in [0.29, 0.717) is 29.0 Å². The molecule has 1 unspecified atom stereocenters. The predicted molar refractivity (Wildman–Crippen MR) is 66.4 cm³/mol. The highest BCUT2D eigenvalue weighted by Gasteiger charge is 2.26. The van der Waals surface area contributed by atoms with E-state index in [1.165, 1.54) is 6.20 Å². The molecule has 4 nitrogen and oxygen atoms in total. The molecule has 0 aromatic carbocycles. The molecule has 0 spiro atoms. The minimum atomic E-state index is -1.08. The van der Waals surface area contributed by atoms with Gasteiger partial charge in [0, 0.05) is 24.3 Å². The Labute approximate surface area is 101 Å². The van der Waals surface area contributed by atoms with Crippen LogP contribution in [0.4, 0.5) is 5.82 Å². The monoisotopic (exact) mass is 243 g/mol. The Morgan fingerprint density at radius 1 is 1.62 bits per heavy atom. The highest BCUT2D eigenvalue weighted by Crippen LogP contribution is 2.26. The molecule has 0 aliphatic heterocycles. The van der Waals surface area contributed by atoms with Crippen molar-refractivity contribution in [1.82, 2.24) is 10.3 Å². The molecule has 1 rings (SSSR count). The lowest BCUT2D eigenvalue weighted by molar-refractivity contribution is 0.0554. The summed E-state index contributed by atoms with van der Waals surface area (Å²) in [5, 5.41) is 13.9. The quantitative estimate of drug-likeness (QED) is 0.750. The third-order valence-corrected chi connectivity index (χ3v) is 2.53.